The highest BCUT2D eigenvalue weighted by atomic mass is 19.4. The van der Waals surface area contributed by atoms with Crippen LogP contribution in [0.5, 0.6) is 0 Å². The van der Waals surface area contributed by atoms with E-state index in [2.05, 4.69) is 25.7 Å². The lowest BCUT2D eigenvalue weighted by Gasteiger charge is -2.10. The molecule has 0 radical (unpaired) electrons. The molecule has 0 fully saturated rings. The second-order valence-corrected chi connectivity index (χ2v) is 8.40. The molecular weight excluding hydrogens is 526 g/mol. The lowest BCUT2D eigenvalue weighted by molar-refractivity contribution is -0.141. The lowest BCUT2D eigenvalue weighted by Crippen LogP contribution is -2.28. The van der Waals surface area contributed by atoms with Gasteiger partial charge in [-0.3, -0.25) is 19.1 Å². The Balaban J connectivity index is 1.34. The van der Waals surface area contributed by atoms with Gasteiger partial charge in [0.2, 0.25) is 0 Å². The quantitative estimate of drug-likeness (QED) is 0.314. The number of oxazole rings is 1. The summed E-state index contributed by atoms with van der Waals surface area (Å²) < 4.78 is 59.7. The number of nitrogens with zero attached hydrogens (tertiary/aromatic N) is 5. The summed E-state index contributed by atoms with van der Waals surface area (Å²) in [7, 11) is 1.54. The third kappa shape index (κ3) is 5.05. The Morgan fingerprint density at radius 1 is 1.00 bits per heavy atom. The van der Waals surface area contributed by atoms with Gasteiger partial charge >= 0.3 is 11.9 Å². The van der Waals surface area contributed by atoms with Crippen molar-refractivity contribution in [2.24, 2.45) is 7.05 Å². The molecule has 39 heavy (non-hydrogen) atoms. The van der Waals surface area contributed by atoms with Gasteiger partial charge in [0.15, 0.2) is 17.0 Å². The first-order chi connectivity index (χ1) is 18.5. The average Bonchev–Trinajstić information content (AvgIpc) is 3.43. The molecule has 1 aromatic carbocycles. The molecule has 4 heterocycles. The molecule has 5 aromatic rings. The molecule has 2 amide bonds. The van der Waals surface area contributed by atoms with E-state index < -0.39 is 35.3 Å². The molecule has 15 heteroatoms. The van der Waals surface area contributed by atoms with E-state index in [9.17, 15) is 31.9 Å². The Morgan fingerprint density at radius 3 is 2.44 bits per heavy atom. The van der Waals surface area contributed by atoms with Gasteiger partial charge in [-0.1, -0.05) is 12.1 Å². The zero-order valence-corrected chi connectivity index (χ0v) is 19.9. The fraction of sp³-hybridized carbons (Fsp3) is 0.167. The molecule has 5 rings (SSSR count). The van der Waals surface area contributed by atoms with E-state index in [1.807, 2.05) is 0 Å². The molecular formula is C24H17F4N7O4. The topological polar surface area (TPSA) is 136 Å². The molecule has 4 aromatic heterocycles. The summed E-state index contributed by atoms with van der Waals surface area (Å²) in [6.45, 7) is -0.177. The van der Waals surface area contributed by atoms with E-state index in [1.54, 1.807) is 18.2 Å². The van der Waals surface area contributed by atoms with E-state index in [1.165, 1.54) is 11.6 Å². The number of carbonyl (C=O) groups is 2. The number of aryl methyl sites for hydroxylation is 1. The smallest absolute Gasteiger partial charge is 0.408 e. The minimum Gasteiger partial charge on any atom is -0.408 e. The number of aromatic nitrogens is 5. The standard InChI is InChI=1S/C24H17F4N7O4/c1-34-16-6-12(2-4-18(16)39-23(34)38)8-30-21(36)15-7-17(35-20(33-15)14(25)11-32-35)22(37)31-10-13-3-5-19(29-9-13)24(26,27)28/h2-7,9,11H,8,10H2,1H3,(H,30,36)(H,31,37). The molecule has 0 aliphatic rings. The maximum Gasteiger partial charge on any atom is 0.433 e. The second kappa shape index (κ2) is 9.66. The first kappa shape index (κ1) is 25.6. The van der Waals surface area contributed by atoms with Gasteiger partial charge < -0.3 is 15.1 Å². The predicted molar refractivity (Wildman–Crippen MR) is 126 cm³/mol. The van der Waals surface area contributed by atoms with Crippen molar-refractivity contribution in [1.29, 1.82) is 0 Å². The molecule has 11 nitrogen and oxygen atoms in total. The van der Waals surface area contributed by atoms with Crippen LogP contribution in [0.2, 0.25) is 0 Å². The minimum atomic E-state index is -4.60. The summed E-state index contributed by atoms with van der Waals surface area (Å²) in [5.74, 6) is -2.92. The molecule has 0 aliphatic heterocycles. The van der Waals surface area contributed by atoms with Gasteiger partial charge in [-0.15, -0.1) is 0 Å². The van der Waals surface area contributed by atoms with E-state index in [0.29, 0.717) is 16.7 Å². The summed E-state index contributed by atoms with van der Waals surface area (Å²) in [4.78, 5) is 44.7. The maximum atomic E-state index is 14.3. The van der Waals surface area contributed by atoms with Crippen LogP contribution in [-0.2, 0) is 26.3 Å². The van der Waals surface area contributed by atoms with Crippen LogP contribution in [-0.4, -0.2) is 36.0 Å². The molecule has 0 aliphatic carbocycles. The van der Waals surface area contributed by atoms with Crippen molar-refractivity contribution < 1.29 is 31.6 Å². The van der Waals surface area contributed by atoms with Crippen LogP contribution in [0, 0.1) is 5.82 Å². The summed E-state index contributed by atoms with van der Waals surface area (Å²) >= 11 is 0. The molecule has 0 saturated carbocycles. The van der Waals surface area contributed by atoms with Crippen molar-refractivity contribution in [3.8, 4) is 0 Å². The van der Waals surface area contributed by atoms with Gasteiger partial charge in [0.1, 0.15) is 17.1 Å². The largest absolute Gasteiger partial charge is 0.433 e. The summed E-state index contributed by atoms with van der Waals surface area (Å²) in [6, 6.07) is 7.93. The van der Waals surface area contributed by atoms with E-state index in [0.717, 1.165) is 35.1 Å². The third-order valence-electron chi connectivity index (χ3n) is 5.77. The van der Waals surface area contributed by atoms with Crippen molar-refractivity contribution in [2.75, 3.05) is 0 Å². The van der Waals surface area contributed by atoms with Crippen LogP contribution in [0.25, 0.3) is 16.7 Å². The highest BCUT2D eigenvalue weighted by Gasteiger charge is 2.32. The fourth-order valence-corrected chi connectivity index (χ4v) is 3.74. The van der Waals surface area contributed by atoms with Crippen LogP contribution >= 0.6 is 0 Å². The SMILES string of the molecule is Cn1c(=O)oc2ccc(CNC(=O)c3cc(C(=O)NCc4ccc(C(F)(F)F)nc4)n4ncc(F)c4n3)cc21. The Bertz CT molecular complexity index is 1790. The van der Waals surface area contributed by atoms with E-state index in [4.69, 9.17) is 4.42 Å². The van der Waals surface area contributed by atoms with Gasteiger partial charge in [-0.25, -0.2) is 18.7 Å². The van der Waals surface area contributed by atoms with Crippen molar-refractivity contribution in [3.05, 3.63) is 93.4 Å². The first-order valence-corrected chi connectivity index (χ1v) is 11.2. The van der Waals surface area contributed by atoms with Crippen LogP contribution in [0.4, 0.5) is 17.6 Å². The number of benzene rings is 1. The Kier molecular flexibility index (Phi) is 6.33. The van der Waals surface area contributed by atoms with Gasteiger partial charge in [0.25, 0.3) is 11.8 Å². The predicted octanol–water partition coefficient (Wildman–Crippen LogP) is 2.59. The summed E-state index contributed by atoms with van der Waals surface area (Å²) in [5, 5.41) is 8.88. The van der Waals surface area contributed by atoms with Gasteiger partial charge in [-0.05, 0) is 29.3 Å². The molecule has 0 spiro atoms. The van der Waals surface area contributed by atoms with Crippen LogP contribution < -0.4 is 16.4 Å². The van der Waals surface area contributed by atoms with E-state index in [-0.39, 0.29) is 35.7 Å². The van der Waals surface area contributed by atoms with Crippen molar-refractivity contribution >= 4 is 28.6 Å². The first-order valence-electron chi connectivity index (χ1n) is 11.2. The van der Waals surface area contributed by atoms with Crippen molar-refractivity contribution in [1.82, 2.24) is 34.8 Å². The normalized spacial score (nSPS) is 11.7. The van der Waals surface area contributed by atoms with Crippen LogP contribution in [0.15, 0.2) is 58.0 Å². The maximum absolute atomic E-state index is 14.3. The van der Waals surface area contributed by atoms with E-state index >= 15 is 0 Å². The van der Waals surface area contributed by atoms with Crippen LogP contribution in [0.1, 0.15) is 37.8 Å². The number of halogens is 4. The van der Waals surface area contributed by atoms with Crippen LogP contribution in [0.3, 0.4) is 0 Å². The van der Waals surface area contributed by atoms with Crippen molar-refractivity contribution in [3.63, 3.8) is 0 Å². The number of nitrogens with one attached hydrogen (secondary N) is 2. The van der Waals surface area contributed by atoms with Gasteiger partial charge in [-0.2, -0.15) is 18.3 Å². The monoisotopic (exact) mass is 543 g/mol. The average molecular weight is 543 g/mol. The highest BCUT2D eigenvalue weighted by molar-refractivity contribution is 5.98. The molecule has 2 N–H and O–H groups in total. The number of fused-ring (bicyclic) bond motifs is 2. The number of carbonyl (C=O) groups excluding carboxylic acids is 2. The zero-order valence-electron chi connectivity index (χ0n) is 19.9. The molecule has 200 valence electrons. The minimum absolute atomic E-state index is 0.0190. The Morgan fingerprint density at radius 2 is 1.72 bits per heavy atom. The zero-order chi connectivity index (χ0) is 27.9. The Labute approximate surface area is 215 Å². The molecule has 0 unspecified atom stereocenters. The van der Waals surface area contributed by atoms with Crippen molar-refractivity contribution in [2.45, 2.75) is 19.3 Å². The number of pyridine rings is 1. The number of hydrogen-bond acceptors (Lipinski definition) is 7. The summed E-state index contributed by atoms with van der Waals surface area (Å²) in [6.07, 6.45) is -2.81. The number of amides is 2. The van der Waals surface area contributed by atoms with Gasteiger partial charge in [0.05, 0.1) is 11.7 Å². The number of hydrogen-bond donors (Lipinski definition) is 2. The number of rotatable bonds is 6. The molecule has 0 bridgehead atoms. The molecule has 0 saturated heterocycles. The highest BCUT2D eigenvalue weighted by Crippen LogP contribution is 2.27. The molecule has 0 atom stereocenters. The fourth-order valence-electron chi connectivity index (χ4n) is 3.74. The van der Waals surface area contributed by atoms with Gasteiger partial charge in [0, 0.05) is 32.4 Å². The number of alkyl halides is 3. The Hall–Kier alpha value is -5.08. The second-order valence-electron chi connectivity index (χ2n) is 8.40. The lowest BCUT2D eigenvalue weighted by atomic mass is 10.2. The summed E-state index contributed by atoms with van der Waals surface area (Å²) in [5.41, 5.74) is -0.156. The third-order valence-corrected chi connectivity index (χ3v) is 5.77.